The molecule has 0 bridgehead atoms. The summed E-state index contributed by atoms with van der Waals surface area (Å²) in [6, 6.07) is 9.07. The SMILES string of the molecule is COc1ccc(SCCNC2CCC(C)CC2)cc1. The maximum Gasteiger partial charge on any atom is 0.118 e. The molecule has 1 aliphatic carbocycles. The minimum absolute atomic E-state index is 0.757. The summed E-state index contributed by atoms with van der Waals surface area (Å²) in [6.45, 7) is 3.48. The summed E-state index contributed by atoms with van der Waals surface area (Å²) in [4.78, 5) is 1.32. The van der Waals surface area contributed by atoms with E-state index in [2.05, 4.69) is 24.4 Å². The number of methoxy groups -OCH3 is 1. The van der Waals surface area contributed by atoms with E-state index in [4.69, 9.17) is 4.74 Å². The highest BCUT2D eigenvalue weighted by Crippen LogP contribution is 2.24. The number of rotatable bonds is 6. The Hall–Kier alpha value is -0.670. The summed E-state index contributed by atoms with van der Waals surface area (Å²) in [5.41, 5.74) is 0. The van der Waals surface area contributed by atoms with Crippen molar-refractivity contribution >= 4 is 11.8 Å². The van der Waals surface area contributed by atoms with Gasteiger partial charge in [-0.2, -0.15) is 0 Å². The van der Waals surface area contributed by atoms with Crippen LogP contribution in [-0.2, 0) is 0 Å². The standard InChI is InChI=1S/C16H25NOS/c1-13-3-5-14(6-4-13)17-11-12-19-16-9-7-15(18-2)8-10-16/h7-10,13-14,17H,3-6,11-12H2,1-2H3. The van der Waals surface area contributed by atoms with Crippen LogP contribution in [0.2, 0.25) is 0 Å². The Balaban J connectivity index is 1.61. The Morgan fingerprint density at radius 2 is 1.84 bits per heavy atom. The van der Waals surface area contributed by atoms with Gasteiger partial charge in [0.05, 0.1) is 7.11 Å². The molecular formula is C16H25NOS. The van der Waals surface area contributed by atoms with E-state index in [-0.39, 0.29) is 0 Å². The molecule has 0 amide bonds. The summed E-state index contributed by atoms with van der Waals surface area (Å²) < 4.78 is 5.16. The first-order chi connectivity index (χ1) is 9.28. The Labute approximate surface area is 121 Å². The Bertz CT molecular complexity index is 358. The van der Waals surface area contributed by atoms with Crippen LogP contribution in [0.15, 0.2) is 29.2 Å². The summed E-state index contributed by atoms with van der Waals surface area (Å²) in [6.07, 6.45) is 5.50. The quantitative estimate of drug-likeness (QED) is 0.629. The third-order valence-corrected chi connectivity index (χ3v) is 4.89. The molecule has 1 aliphatic rings. The van der Waals surface area contributed by atoms with Gasteiger partial charge in [-0.25, -0.2) is 0 Å². The molecule has 19 heavy (non-hydrogen) atoms. The van der Waals surface area contributed by atoms with Crippen molar-refractivity contribution in [2.45, 2.75) is 43.5 Å². The van der Waals surface area contributed by atoms with Crippen molar-refractivity contribution in [1.29, 1.82) is 0 Å². The molecule has 0 atom stereocenters. The fraction of sp³-hybridized carbons (Fsp3) is 0.625. The topological polar surface area (TPSA) is 21.3 Å². The van der Waals surface area contributed by atoms with E-state index in [1.165, 1.54) is 30.6 Å². The first-order valence-corrected chi connectivity index (χ1v) is 8.26. The molecule has 0 unspecified atom stereocenters. The van der Waals surface area contributed by atoms with Crippen molar-refractivity contribution in [2.24, 2.45) is 5.92 Å². The van der Waals surface area contributed by atoms with Gasteiger partial charge in [-0.3, -0.25) is 0 Å². The van der Waals surface area contributed by atoms with Crippen LogP contribution < -0.4 is 10.1 Å². The molecule has 0 spiro atoms. The lowest BCUT2D eigenvalue weighted by Crippen LogP contribution is -2.34. The number of ether oxygens (including phenoxy) is 1. The van der Waals surface area contributed by atoms with E-state index >= 15 is 0 Å². The normalized spacial score (nSPS) is 23.3. The van der Waals surface area contributed by atoms with E-state index in [9.17, 15) is 0 Å². The Kier molecular flexibility index (Phi) is 6.05. The molecule has 0 aromatic heterocycles. The lowest BCUT2D eigenvalue weighted by molar-refractivity contribution is 0.312. The van der Waals surface area contributed by atoms with Crippen LogP contribution in [0.5, 0.6) is 5.75 Å². The van der Waals surface area contributed by atoms with Gasteiger partial charge in [-0.05, 0) is 55.9 Å². The zero-order chi connectivity index (χ0) is 13.5. The molecule has 1 fully saturated rings. The molecule has 0 heterocycles. The average Bonchev–Trinajstić information content (AvgIpc) is 2.46. The maximum atomic E-state index is 5.16. The molecule has 3 heteroatoms. The third kappa shape index (κ3) is 5.07. The predicted octanol–water partition coefficient (Wildman–Crippen LogP) is 3.96. The largest absolute Gasteiger partial charge is 0.497 e. The Morgan fingerprint density at radius 1 is 1.16 bits per heavy atom. The summed E-state index contributed by atoms with van der Waals surface area (Å²) in [5.74, 6) is 3.00. The van der Waals surface area contributed by atoms with Gasteiger partial charge in [0.2, 0.25) is 0 Å². The maximum absolute atomic E-state index is 5.16. The Morgan fingerprint density at radius 3 is 2.47 bits per heavy atom. The fourth-order valence-electron chi connectivity index (χ4n) is 2.57. The molecule has 0 aliphatic heterocycles. The van der Waals surface area contributed by atoms with Crippen LogP contribution >= 0.6 is 11.8 Å². The molecule has 0 saturated heterocycles. The van der Waals surface area contributed by atoms with E-state index in [1.54, 1.807) is 7.11 Å². The van der Waals surface area contributed by atoms with Gasteiger partial charge in [-0.15, -0.1) is 11.8 Å². The van der Waals surface area contributed by atoms with Crippen LogP contribution in [0.25, 0.3) is 0 Å². The lowest BCUT2D eigenvalue weighted by atomic mass is 9.87. The number of benzene rings is 1. The van der Waals surface area contributed by atoms with E-state index in [0.29, 0.717) is 0 Å². The van der Waals surface area contributed by atoms with E-state index < -0.39 is 0 Å². The zero-order valence-electron chi connectivity index (χ0n) is 12.0. The van der Waals surface area contributed by atoms with Crippen LogP contribution in [0.4, 0.5) is 0 Å². The molecule has 1 saturated carbocycles. The van der Waals surface area contributed by atoms with Gasteiger partial charge in [0, 0.05) is 23.2 Å². The molecule has 1 aromatic rings. The highest BCUT2D eigenvalue weighted by Gasteiger charge is 2.16. The van der Waals surface area contributed by atoms with Crippen molar-refractivity contribution in [3.8, 4) is 5.75 Å². The monoisotopic (exact) mass is 279 g/mol. The smallest absolute Gasteiger partial charge is 0.118 e. The van der Waals surface area contributed by atoms with Crippen molar-refractivity contribution < 1.29 is 4.74 Å². The van der Waals surface area contributed by atoms with Crippen LogP contribution in [-0.4, -0.2) is 25.4 Å². The van der Waals surface area contributed by atoms with Crippen molar-refractivity contribution in [3.63, 3.8) is 0 Å². The lowest BCUT2D eigenvalue weighted by Gasteiger charge is -2.26. The van der Waals surface area contributed by atoms with Crippen molar-refractivity contribution in [2.75, 3.05) is 19.4 Å². The van der Waals surface area contributed by atoms with E-state index in [0.717, 1.165) is 30.0 Å². The summed E-state index contributed by atoms with van der Waals surface area (Å²) in [7, 11) is 1.71. The average molecular weight is 279 g/mol. The van der Waals surface area contributed by atoms with Crippen LogP contribution in [0, 0.1) is 5.92 Å². The second-order valence-corrected chi connectivity index (χ2v) is 6.60. The highest BCUT2D eigenvalue weighted by molar-refractivity contribution is 7.99. The van der Waals surface area contributed by atoms with Gasteiger partial charge in [-0.1, -0.05) is 6.92 Å². The highest BCUT2D eigenvalue weighted by atomic mass is 32.2. The van der Waals surface area contributed by atoms with Gasteiger partial charge < -0.3 is 10.1 Å². The first kappa shape index (κ1) is 14.7. The van der Waals surface area contributed by atoms with Crippen molar-refractivity contribution in [3.05, 3.63) is 24.3 Å². The molecule has 0 radical (unpaired) electrons. The first-order valence-electron chi connectivity index (χ1n) is 7.28. The number of nitrogens with one attached hydrogen (secondary N) is 1. The summed E-state index contributed by atoms with van der Waals surface area (Å²) in [5, 5.41) is 3.69. The van der Waals surface area contributed by atoms with Gasteiger partial charge in [0.1, 0.15) is 5.75 Å². The molecule has 2 nitrogen and oxygen atoms in total. The molecule has 1 N–H and O–H groups in total. The number of hydrogen-bond acceptors (Lipinski definition) is 3. The summed E-state index contributed by atoms with van der Waals surface area (Å²) >= 11 is 1.91. The van der Waals surface area contributed by atoms with Gasteiger partial charge >= 0.3 is 0 Å². The third-order valence-electron chi connectivity index (χ3n) is 3.88. The minimum atomic E-state index is 0.757. The minimum Gasteiger partial charge on any atom is -0.497 e. The second kappa shape index (κ2) is 7.81. The second-order valence-electron chi connectivity index (χ2n) is 5.43. The molecule has 2 rings (SSSR count). The van der Waals surface area contributed by atoms with Gasteiger partial charge in [0.15, 0.2) is 0 Å². The van der Waals surface area contributed by atoms with E-state index in [1.807, 2.05) is 23.9 Å². The van der Waals surface area contributed by atoms with Gasteiger partial charge in [0.25, 0.3) is 0 Å². The molecule has 1 aromatic carbocycles. The zero-order valence-corrected chi connectivity index (χ0v) is 12.8. The molecular weight excluding hydrogens is 254 g/mol. The number of hydrogen-bond donors (Lipinski definition) is 1. The molecule has 106 valence electrons. The fourth-order valence-corrected chi connectivity index (χ4v) is 3.35. The van der Waals surface area contributed by atoms with Crippen molar-refractivity contribution in [1.82, 2.24) is 5.32 Å². The predicted molar refractivity (Wildman–Crippen MR) is 83.1 cm³/mol. The number of thioether (sulfide) groups is 1. The van der Waals surface area contributed by atoms with Crippen LogP contribution in [0.1, 0.15) is 32.6 Å². The van der Waals surface area contributed by atoms with Crippen LogP contribution in [0.3, 0.4) is 0 Å².